The Morgan fingerprint density at radius 3 is 2.79 bits per heavy atom. The van der Waals surface area contributed by atoms with Gasteiger partial charge in [0.25, 0.3) is 0 Å². The van der Waals surface area contributed by atoms with E-state index in [0.717, 1.165) is 24.5 Å². The number of carbonyl (C=O) groups excluding carboxylic acids is 1. The van der Waals surface area contributed by atoms with Crippen LogP contribution in [0.2, 0.25) is 0 Å². The van der Waals surface area contributed by atoms with Gasteiger partial charge in [0.1, 0.15) is 23.1 Å². The number of nitrogens with one attached hydrogen (secondary N) is 1. The third-order valence-corrected chi connectivity index (χ3v) is 4.85. The number of nitrogens with zero attached hydrogens (tertiary/aromatic N) is 3. The van der Waals surface area contributed by atoms with Crippen LogP contribution in [0.15, 0.2) is 60.8 Å². The maximum Gasteiger partial charge on any atom is 0.215 e. The minimum atomic E-state index is -0.238. The fraction of sp³-hybridized carbons (Fsp3) is 0.190. The summed E-state index contributed by atoms with van der Waals surface area (Å²) < 4.78 is 0. The quantitative estimate of drug-likeness (QED) is 0.595. The Hall–Kier alpha value is -3.45. The molecule has 7 nitrogen and oxygen atoms in total. The van der Waals surface area contributed by atoms with Gasteiger partial charge in [-0.15, -0.1) is 0 Å². The van der Waals surface area contributed by atoms with Crippen LogP contribution in [-0.2, 0) is 0 Å². The van der Waals surface area contributed by atoms with E-state index < -0.39 is 0 Å². The molecule has 28 heavy (non-hydrogen) atoms. The Labute approximate surface area is 168 Å². The third-order valence-electron chi connectivity index (χ3n) is 4.85. The number of phenols is 1. The van der Waals surface area contributed by atoms with Crippen molar-refractivity contribution in [3.8, 4) is 5.75 Å². The molecule has 1 fully saturated rings. The maximum absolute atomic E-state index is 12.8. The van der Waals surface area contributed by atoms with Crippen molar-refractivity contribution in [1.29, 1.82) is 0 Å². The van der Waals surface area contributed by atoms with Gasteiger partial charge in [-0.25, -0.2) is 9.97 Å². The Bertz CT molecular complexity index is 1010. The van der Waals surface area contributed by atoms with Crippen molar-refractivity contribution in [1.82, 2.24) is 15.3 Å². The first kappa shape index (κ1) is 17.9. The highest BCUT2D eigenvalue weighted by Crippen LogP contribution is 2.23. The van der Waals surface area contributed by atoms with E-state index in [9.17, 15) is 9.90 Å². The number of aromatic nitrogens is 2. The number of aromatic hydroxyl groups is 1. The molecule has 0 bridgehead atoms. The van der Waals surface area contributed by atoms with Crippen molar-refractivity contribution in [3.63, 3.8) is 0 Å². The first-order chi connectivity index (χ1) is 13.6. The molecule has 4 N–H and O–H groups in total. The molecule has 0 saturated carbocycles. The fourth-order valence-electron chi connectivity index (χ4n) is 3.36. The number of phenolic OH excluding ortho intramolecular Hbond substituents is 1. The predicted molar refractivity (Wildman–Crippen MR) is 116 cm³/mol. The molecule has 3 aromatic rings. The molecule has 150 valence electrons. The number of carbonyl (C=O) groups is 1. The molecule has 0 amide bonds. The van der Waals surface area contributed by atoms with E-state index in [2.05, 4.69) is 20.2 Å². The van der Waals surface area contributed by atoms with Crippen LogP contribution in [0, 0.1) is 0 Å². The number of pyridine rings is 2. The predicted octanol–water partition coefficient (Wildman–Crippen LogP) is 3.13. The molecular formula is C21H29N5O2. The molecule has 1 aliphatic heterocycles. The molecule has 1 unspecified atom stereocenters. The number of rotatable bonds is 4. The number of benzene rings is 1. The Balaban J connectivity index is 0.00000240. The van der Waals surface area contributed by atoms with Crippen LogP contribution in [0.4, 0.5) is 11.6 Å². The fourth-order valence-corrected chi connectivity index (χ4v) is 3.36. The van der Waals surface area contributed by atoms with Crippen LogP contribution >= 0.6 is 0 Å². The number of hydrogen-bond acceptors (Lipinski definition) is 7. The van der Waals surface area contributed by atoms with Crippen molar-refractivity contribution in [3.05, 3.63) is 77.6 Å². The Morgan fingerprint density at radius 1 is 1.18 bits per heavy atom. The summed E-state index contributed by atoms with van der Waals surface area (Å²) in [5.41, 5.74) is 7.63. The Morgan fingerprint density at radius 2 is 2.00 bits per heavy atom. The highest BCUT2D eigenvalue weighted by molar-refractivity contribution is 6.10. The lowest BCUT2D eigenvalue weighted by molar-refractivity contribution is 0.103. The van der Waals surface area contributed by atoms with E-state index in [1.54, 1.807) is 36.5 Å². The zero-order chi connectivity index (χ0) is 19.5. The van der Waals surface area contributed by atoms with Crippen LogP contribution in [0.5, 0.6) is 5.75 Å². The number of nitrogen functional groups attached to an aromatic ring is 1. The zero-order valence-corrected chi connectivity index (χ0v) is 15.2. The molecule has 2 aromatic heterocycles. The van der Waals surface area contributed by atoms with Crippen molar-refractivity contribution in [2.75, 3.05) is 30.3 Å². The molecule has 1 saturated heterocycles. The van der Waals surface area contributed by atoms with Gasteiger partial charge in [-0.2, -0.15) is 0 Å². The van der Waals surface area contributed by atoms with Crippen molar-refractivity contribution < 1.29 is 15.6 Å². The first-order valence-corrected chi connectivity index (χ1v) is 9.11. The number of piperazine rings is 1. The van der Waals surface area contributed by atoms with Crippen LogP contribution in [0.25, 0.3) is 0 Å². The summed E-state index contributed by atoms with van der Waals surface area (Å²) in [5, 5.41) is 13.0. The van der Waals surface area contributed by atoms with Crippen LogP contribution < -0.4 is 16.0 Å². The van der Waals surface area contributed by atoms with Gasteiger partial charge < -0.3 is 21.1 Å². The molecule has 3 heterocycles. The number of hydrogen-bond donors (Lipinski definition) is 3. The monoisotopic (exact) mass is 383 g/mol. The average Bonchev–Trinajstić information content (AvgIpc) is 2.74. The van der Waals surface area contributed by atoms with E-state index in [-0.39, 0.29) is 29.1 Å². The number of ketones is 1. The van der Waals surface area contributed by atoms with Crippen LogP contribution in [-0.4, -0.2) is 40.5 Å². The summed E-state index contributed by atoms with van der Waals surface area (Å²) in [5.74, 6) is 0.962. The first-order valence-electron chi connectivity index (χ1n) is 9.11. The smallest absolute Gasteiger partial charge is 0.215 e. The van der Waals surface area contributed by atoms with Crippen LogP contribution in [0.1, 0.15) is 33.4 Å². The standard InChI is InChI=1S/C21H21N5O2.4H2/c22-21-16(3-2-10-24-21)20(28)17-4-1-5-19(25-17)26-12-11-23-18(13-26)14-6-8-15(27)9-7-14;;;;/h1-10,18,23,27H,11-13H2,(H2,22,24);4*1H. The van der Waals surface area contributed by atoms with Crippen molar-refractivity contribution in [2.24, 2.45) is 0 Å². The second kappa shape index (κ2) is 7.66. The zero-order valence-electron chi connectivity index (χ0n) is 15.2. The van der Waals surface area contributed by atoms with Crippen molar-refractivity contribution in [2.45, 2.75) is 6.04 Å². The van der Waals surface area contributed by atoms with E-state index >= 15 is 0 Å². The maximum atomic E-state index is 12.8. The summed E-state index contributed by atoms with van der Waals surface area (Å²) in [6.07, 6.45) is 1.56. The lowest BCUT2D eigenvalue weighted by atomic mass is 10.0. The van der Waals surface area contributed by atoms with Crippen LogP contribution in [0.3, 0.4) is 0 Å². The molecule has 0 spiro atoms. The third kappa shape index (κ3) is 3.65. The lowest BCUT2D eigenvalue weighted by Crippen LogP contribution is -2.46. The Kier molecular flexibility index (Phi) is 4.90. The summed E-state index contributed by atoms with van der Waals surface area (Å²) in [6.45, 7) is 2.29. The van der Waals surface area contributed by atoms with Gasteiger partial charge in [0.2, 0.25) is 5.78 Å². The van der Waals surface area contributed by atoms with Gasteiger partial charge >= 0.3 is 0 Å². The summed E-state index contributed by atoms with van der Waals surface area (Å²) in [6, 6.07) is 16.1. The van der Waals surface area contributed by atoms with E-state index in [1.165, 1.54) is 0 Å². The van der Waals surface area contributed by atoms with E-state index in [4.69, 9.17) is 5.73 Å². The second-order valence-electron chi connectivity index (χ2n) is 6.69. The van der Waals surface area contributed by atoms with Crippen molar-refractivity contribution >= 4 is 17.4 Å². The van der Waals surface area contributed by atoms with E-state index in [1.807, 2.05) is 24.3 Å². The summed E-state index contributed by atoms with van der Waals surface area (Å²) in [7, 11) is 0. The SMILES string of the molecule is Nc1ncccc1C(=O)c1cccc(N2CCNC(c3ccc(O)cc3)C2)n1.[HH].[HH].[HH].[HH]. The summed E-state index contributed by atoms with van der Waals surface area (Å²) in [4.78, 5) is 23.5. The molecule has 1 aromatic carbocycles. The average molecular weight is 383 g/mol. The number of anilines is 2. The molecule has 0 aliphatic carbocycles. The largest absolute Gasteiger partial charge is 0.508 e. The highest BCUT2D eigenvalue weighted by Gasteiger charge is 2.23. The normalized spacial score (nSPS) is 16.7. The number of nitrogens with two attached hydrogens (primary N) is 1. The highest BCUT2D eigenvalue weighted by atomic mass is 16.3. The topological polar surface area (TPSA) is 104 Å². The van der Waals surface area contributed by atoms with E-state index in [0.29, 0.717) is 17.8 Å². The molecule has 1 atom stereocenters. The van der Waals surface area contributed by atoms with Gasteiger partial charge in [0, 0.05) is 37.6 Å². The minimum Gasteiger partial charge on any atom is -0.508 e. The second-order valence-corrected chi connectivity index (χ2v) is 6.69. The summed E-state index contributed by atoms with van der Waals surface area (Å²) >= 11 is 0. The minimum absolute atomic E-state index is 0. The van der Waals surface area contributed by atoms with Gasteiger partial charge in [-0.3, -0.25) is 4.79 Å². The van der Waals surface area contributed by atoms with Gasteiger partial charge in [-0.05, 0) is 42.0 Å². The van der Waals surface area contributed by atoms with Gasteiger partial charge in [-0.1, -0.05) is 18.2 Å². The molecule has 4 rings (SSSR count). The lowest BCUT2D eigenvalue weighted by Gasteiger charge is -2.35. The van der Waals surface area contributed by atoms with Gasteiger partial charge in [0.05, 0.1) is 5.56 Å². The molecule has 0 radical (unpaired) electrons. The van der Waals surface area contributed by atoms with Gasteiger partial charge in [0.15, 0.2) is 0 Å². The molecule has 1 aliphatic rings. The molecule has 7 heteroatoms. The molecular weight excluding hydrogens is 354 g/mol.